The average molecular weight is 210 g/mol. The first-order chi connectivity index (χ1) is 7.31. The maximum atomic E-state index is 9.24. The lowest BCUT2D eigenvalue weighted by molar-refractivity contribution is -0.00708. The maximum absolute atomic E-state index is 9.24. The number of ether oxygens (including phenoxy) is 1. The van der Waals surface area contributed by atoms with E-state index in [1.165, 1.54) is 0 Å². The van der Waals surface area contributed by atoms with Crippen LogP contribution < -0.4 is 0 Å². The molecule has 1 fully saturated rings. The Balaban J connectivity index is 2.32. The summed E-state index contributed by atoms with van der Waals surface area (Å²) in [5.74, 6) is 0.233. The molecule has 0 amide bonds. The van der Waals surface area contributed by atoms with Gasteiger partial charge in [-0.3, -0.25) is 0 Å². The van der Waals surface area contributed by atoms with E-state index < -0.39 is 0 Å². The molecule has 0 saturated carbocycles. The fraction of sp³-hybridized carbons (Fsp3) is 0.692. The summed E-state index contributed by atoms with van der Waals surface area (Å²) < 4.78 is 5.91. The Kier molecular flexibility index (Phi) is 5.66. The molecule has 0 aromatic carbocycles. The highest BCUT2D eigenvalue weighted by molar-refractivity contribution is 4.84. The van der Waals surface area contributed by atoms with Crippen molar-refractivity contribution in [1.29, 1.82) is 0 Å². The van der Waals surface area contributed by atoms with Crippen LogP contribution in [0, 0.1) is 5.92 Å². The molecule has 0 aromatic rings. The van der Waals surface area contributed by atoms with E-state index in [1.54, 1.807) is 0 Å². The molecule has 2 heteroatoms. The number of allylic oxidation sites excluding steroid dienone is 2. The molecule has 0 unspecified atom stereocenters. The highest BCUT2D eigenvalue weighted by Crippen LogP contribution is 2.29. The molecule has 0 bridgehead atoms. The Morgan fingerprint density at radius 2 is 2.13 bits per heavy atom. The van der Waals surface area contributed by atoms with Crippen molar-refractivity contribution in [2.45, 2.75) is 44.3 Å². The number of aliphatic hydroxyl groups is 1. The molecule has 1 N–H and O–H groups in total. The third-order valence-electron chi connectivity index (χ3n) is 3.06. The highest BCUT2D eigenvalue weighted by Gasteiger charge is 2.29. The molecule has 0 radical (unpaired) electrons. The van der Waals surface area contributed by atoms with Crippen LogP contribution in [-0.4, -0.2) is 23.9 Å². The minimum absolute atomic E-state index is 0.199. The summed E-state index contributed by atoms with van der Waals surface area (Å²) in [6.45, 7) is 7.62. The first kappa shape index (κ1) is 12.5. The molecular formula is C13H22O2. The van der Waals surface area contributed by atoms with Crippen LogP contribution >= 0.6 is 0 Å². The molecule has 0 aromatic heterocycles. The molecule has 15 heavy (non-hydrogen) atoms. The van der Waals surface area contributed by atoms with Gasteiger partial charge in [-0.1, -0.05) is 12.2 Å². The van der Waals surface area contributed by atoms with Crippen molar-refractivity contribution in [3.05, 3.63) is 25.3 Å². The molecule has 2 nitrogen and oxygen atoms in total. The Morgan fingerprint density at radius 1 is 1.33 bits per heavy atom. The zero-order valence-corrected chi connectivity index (χ0v) is 9.40. The molecule has 1 aliphatic rings. The molecule has 1 aliphatic heterocycles. The van der Waals surface area contributed by atoms with Crippen molar-refractivity contribution >= 4 is 0 Å². The van der Waals surface area contributed by atoms with Crippen molar-refractivity contribution in [2.75, 3.05) is 6.61 Å². The van der Waals surface area contributed by atoms with Gasteiger partial charge in [0.05, 0.1) is 12.2 Å². The quantitative estimate of drug-likeness (QED) is 0.655. The van der Waals surface area contributed by atoms with E-state index in [2.05, 4.69) is 13.2 Å². The van der Waals surface area contributed by atoms with E-state index >= 15 is 0 Å². The van der Waals surface area contributed by atoms with Crippen molar-refractivity contribution in [1.82, 2.24) is 0 Å². The molecule has 0 aliphatic carbocycles. The number of hydrogen-bond donors (Lipinski definition) is 1. The predicted octanol–water partition coefficient (Wildman–Crippen LogP) is 2.68. The number of hydrogen-bond acceptors (Lipinski definition) is 2. The lowest BCUT2D eigenvalue weighted by Gasteiger charge is -2.20. The van der Waals surface area contributed by atoms with Gasteiger partial charge in [0.1, 0.15) is 0 Å². The summed E-state index contributed by atoms with van der Waals surface area (Å²) in [6, 6.07) is 0. The molecule has 1 saturated heterocycles. The zero-order chi connectivity index (χ0) is 11.1. The van der Waals surface area contributed by atoms with E-state index in [1.807, 2.05) is 12.2 Å². The lowest BCUT2D eigenvalue weighted by atomic mass is 9.97. The lowest BCUT2D eigenvalue weighted by Crippen LogP contribution is -2.24. The van der Waals surface area contributed by atoms with Gasteiger partial charge in [-0.2, -0.15) is 0 Å². The SMILES string of the molecule is C=CCC[C@H]1CC[C@@H]([C@@H](CO)CC=C)O1. The monoisotopic (exact) mass is 210 g/mol. The van der Waals surface area contributed by atoms with Crippen molar-refractivity contribution in [3.63, 3.8) is 0 Å². The average Bonchev–Trinajstić information content (AvgIpc) is 2.71. The molecular weight excluding hydrogens is 188 g/mol. The minimum Gasteiger partial charge on any atom is -0.396 e. The molecule has 0 spiro atoms. The van der Waals surface area contributed by atoms with Crippen LogP contribution in [0.15, 0.2) is 25.3 Å². The van der Waals surface area contributed by atoms with E-state index in [4.69, 9.17) is 4.74 Å². The Morgan fingerprint density at radius 3 is 2.73 bits per heavy atom. The maximum Gasteiger partial charge on any atom is 0.0632 e. The molecule has 1 heterocycles. The zero-order valence-electron chi connectivity index (χ0n) is 9.40. The van der Waals surface area contributed by atoms with Crippen molar-refractivity contribution in [3.8, 4) is 0 Å². The third-order valence-corrected chi connectivity index (χ3v) is 3.06. The van der Waals surface area contributed by atoms with Gasteiger partial charge < -0.3 is 9.84 Å². The first-order valence-corrected chi connectivity index (χ1v) is 5.80. The second-order valence-corrected chi connectivity index (χ2v) is 4.21. The Labute approximate surface area is 92.6 Å². The van der Waals surface area contributed by atoms with E-state index in [9.17, 15) is 5.11 Å². The van der Waals surface area contributed by atoms with Crippen LogP contribution in [0.1, 0.15) is 32.1 Å². The largest absolute Gasteiger partial charge is 0.396 e. The topological polar surface area (TPSA) is 29.5 Å². The van der Waals surface area contributed by atoms with Gasteiger partial charge in [0.2, 0.25) is 0 Å². The summed E-state index contributed by atoms with van der Waals surface area (Å²) >= 11 is 0. The van der Waals surface area contributed by atoms with Crippen molar-refractivity contribution in [2.24, 2.45) is 5.92 Å². The number of aliphatic hydroxyl groups excluding tert-OH is 1. The summed E-state index contributed by atoms with van der Waals surface area (Å²) in [4.78, 5) is 0. The fourth-order valence-electron chi connectivity index (χ4n) is 2.15. The van der Waals surface area contributed by atoms with E-state index in [-0.39, 0.29) is 18.6 Å². The summed E-state index contributed by atoms with van der Waals surface area (Å²) in [5.41, 5.74) is 0. The summed E-state index contributed by atoms with van der Waals surface area (Å²) in [6.07, 6.45) is 9.50. The molecule has 3 atom stereocenters. The third kappa shape index (κ3) is 3.80. The Hall–Kier alpha value is -0.600. The van der Waals surface area contributed by atoms with Gasteiger partial charge in [-0.15, -0.1) is 13.2 Å². The van der Waals surface area contributed by atoms with Crippen molar-refractivity contribution < 1.29 is 9.84 Å². The Bertz CT molecular complexity index is 201. The number of rotatable bonds is 7. The molecule has 1 rings (SSSR count). The van der Waals surface area contributed by atoms with Crippen LogP contribution in [0.3, 0.4) is 0 Å². The normalized spacial score (nSPS) is 27.5. The summed E-state index contributed by atoms with van der Waals surface area (Å²) in [5, 5.41) is 9.24. The van der Waals surface area contributed by atoms with Crippen LogP contribution in [0.25, 0.3) is 0 Å². The van der Waals surface area contributed by atoms with Gasteiger partial charge in [-0.05, 0) is 32.1 Å². The second kappa shape index (κ2) is 6.81. The van der Waals surface area contributed by atoms with Crippen LogP contribution in [0.2, 0.25) is 0 Å². The second-order valence-electron chi connectivity index (χ2n) is 4.21. The van der Waals surface area contributed by atoms with Gasteiger partial charge in [0.15, 0.2) is 0 Å². The first-order valence-electron chi connectivity index (χ1n) is 5.80. The van der Waals surface area contributed by atoms with Gasteiger partial charge in [-0.25, -0.2) is 0 Å². The fourth-order valence-corrected chi connectivity index (χ4v) is 2.15. The summed E-state index contributed by atoms with van der Waals surface area (Å²) in [7, 11) is 0. The van der Waals surface area contributed by atoms with Gasteiger partial charge in [0.25, 0.3) is 0 Å². The van der Waals surface area contributed by atoms with E-state index in [0.29, 0.717) is 6.10 Å². The highest BCUT2D eigenvalue weighted by atomic mass is 16.5. The predicted molar refractivity (Wildman–Crippen MR) is 62.7 cm³/mol. The van der Waals surface area contributed by atoms with Crippen LogP contribution in [-0.2, 0) is 4.74 Å². The minimum atomic E-state index is 0.199. The molecule has 86 valence electrons. The van der Waals surface area contributed by atoms with Gasteiger partial charge in [0, 0.05) is 12.5 Å². The smallest absolute Gasteiger partial charge is 0.0632 e. The van der Waals surface area contributed by atoms with E-state index in [0.717, 1.165) is 32.1 Å². The van der Waals surface area contributed by atoms with Crippen LogP contribution in [0.4, 0.5) is 0 Å². The van der Waals surface area contributed by atoms with Crippen LogP contribution in [0.5, 0.6) is 0 Å². The standard InChI is InChI=1S/C13H22O2/c1-3-5-7-12-8-9-13(15-12)11(10-14)6-4-2/h3-4,11-14H,1-2,5-10H2/t11-,12+,13+/m1/s1. The van der Waals surface area contributed by atoms with Gasteiger partial charge >= 0.3 is 0 Å².